The van der Waals surface area contributed by atoms with Crippen molar-refractivity contribution in [3.63, 3.8) is 0 Å². The third-order valence-corrected chi connectivity index (χ3v) is 3.32. The van der Waals surface area contributed by atoms with Gasteiger partial charge < -0.3 is 10.2 Å². The molecule has 4 nitrogen and oxygen atoms in total. The number of likely N-dealkylation sites (N-methyl/N-ethyl adjacent to an activating group) is 1. The number of pyridine rings is 1. The van der Waals surface area contributed by atoms with E-state index in [0.29, 0.717) is 0 Å². The predicted molar refractivity (Wildman–Crippen MR) is 73.1 cm³/mol. The summed E-state index contributed by atoms with van der Waals surface area (Å²) in [4.78, 5) is 6.26. The second-order valence-corrected chi connectivity index (χ2v) is 4.85. The molecule has 0 bridgehead atoms. The zero-order valence-corrected chi connectivity index (χ0v) is 11.5. The fourth-order valence-corrected chi connectivity index (χ4v) is 1.63. The van der Waals surface area contributed by atoms with E-state index < -0.39 is 5.54 Å². The quantitative estimate of drug-likeness (QED) is 0.791. The van der Waals surface area contributed by atoms with Crippen molar-refractivity contribution in [1.29, 1.82) is 5.26 Å². The summed E-state index contributed by atoms with van der Waals surface area (Å²) in [5.74, 6) is 0. The number of rotatable bonds is 7. The van der Waals surface area contributed by atoms with Gasteiger partial charge in [0.25, 0.3) is 0 Å². The Balaban J connectivity index is 2.30. The van der Waals surface area contributed by atoms with Crippen molar-refractivity contribution in [1.82, 2.24) is 15.2 Å². The Labute approximate surface area is 110 Å². The molecule has 1 N–H and O–H groups in total. The SMILES string of the molecule is CNC(C)(C#N)CCN(C)CCc1ccncc1. The molecule has 1 rings (SSSR count). The minimum atomic E-state index is -0.426. The van der Waals surface area contributed by atoms with Gasteiger partial charge in [-0.1, -0.05) is 0 Å². The minimum absolute atomic E-state index is 0.426. The van der Waals surface area contributed by atoms with E-state index in [1.54, 1.807) is 0 Å². The highest BCUT2D eigenvalue weighted by atomic mass is 15.1. The van der Waals surface area contributed by atoms with Gasteiger partial charge >= 0.3 is 0 Å². The topological polar surface area (TPSA) is 52.0 Å². The third kappa shape index (κ3) is 4.82. The molecule has 0 fully saturated rings. The van der Waals surface area contributed by atoms with Gasteiger partial charge in [-0.25, -0.2) is 0 Å². The Morgan fingerprint density at radius 3 is 2.61 bits per heavy atom. The molecule has 98 valence electrons. The average Bonchev–Trinajstić information content (AvgIpc) is 2.43. The molecule has 0 aliphatic rings. The van der Waals surface area contributed by atoms with Crippen LogP contribution >= 0.6 is 0 Å². The molecular formula is C14H22N4. The monoisotopic (exact) mass is 246 g/mol. The largest absolute Gasteiger partial charge is 0.306 e. The molecule has 1 unspecified atom stereocenters. The molecule has 4 heteroatoms. The minimum Gasteiger partial charge on any atom is -0.306 e. The van der Waals surface area contributed by atoms with Crippen molar-refractivity contribution in [3.8, 4) is 6.07 Å². The van der Waals surface area contributed by atoms with Crippen molar-refractivity contribution in [2.24, 2.45) is 0 Å². The zero-order valence-electron chi connectivity index (χ0n) is 11.5. The molecule has 0 amide bonds. The lowest BCUT2D eigenvalue weighted by Crippen LogP contribution is -2.41. The Kier molecular flexibility index (Phi) is 5.76. The fraction of sp³-hybridized carbons (Fsp3) is 0.571. The summed E-state index contributed by atoms with van der Waals surface area (Å²) < 4.78 is 0. The van der Waals surface area contributed by atoms with Crippen molar-refractivity contribution in [2.75, 3.05) is 27.2 Å². The van der Waals surface area contributed by atoms with E-state index in [1.807, 2.05) is 38.5 Å². The first-order valence-electron chi connectivity index (χ1n) is 6.27. The highest BCUT2D eigenvalue weighted by Gasteiger charge is 2.20. The summed E-state index contributed by atoms with van der Waals surface area (Å²) in [6, 6.07) is 6.40. The molecule has 0 spiro atoms. The second kappa shape index (κ2) is 7.10. The molecule has 1 atom stereocenters. The van der Waals surface area contributed by atoms with Crippen LogP contribution in [0.25, 0.3) is 0 Å². The van der Waals surface area contributed by atoms with Crippen LogP contribution in [0.5, 0.6) is 0 Å². The van der Waals surface area contributed by atoms with Crippen LogP contribution in [0.3, 0.4) is 0 Å². The van der Waals surface area contributed by atoms with Gasteiger partial charge in [0, 0.05) is 25.5 Å². The molecule has 0 aliphatic carbocycles. The van der Waals surface area contributed by atoms with E-state index in [-0.39, 0.29) is 0 Å². The number of nitrogens with one attached hydrogen (secondary N) is 1. The van der Waals surface area contributed by atoms with Crippen molar-refractivity contribution >= 4 is 0 Å². The van der Waals surface area contributed by atoms with Crippen molar-refractivity contribution in [3.05, 3.63) is 30.1 Å². The summed E-state index contributed by atoms with van der Waals surface area (Å²) >= 11 is 0. The molecule has 0 saturated heterocycles. The van der Waals surface area contributed by atoms with Crippen molar-refractivity contribution in [2.45, 2.75) is 25.3 Å². The van der Waals surface area contributed by atoms with Crippen LogP contribution in [0.1, 0.15) is 18.9 Å². The van der Waals surface area contributed by atoms with Gasteiger partial charge in [0.15, 0.2) is 0 Å². The number of hydrogen-bond acceptors (Lipinski definition) is 4. The fourth-order valence-electron chi connectivity index (χ4n) is 1.63. The first-order chi connectivity index (χ1) is 8.59. The average molecular weight is 246 g/mol. The highest BCUT2D eigenvalue weighted by molar-refractivity contribution is 5.10. The van der Waals surface area contributed by atoms with Gasteiger partial charge in [-0.15, -0.1) is 0 Å². The summed E-state index contributed by atoms with van der Waals surface area (Å²) in [5, 5.41) is 12.1. The van der Waals surface area contributed by atoms with Crippen LogP contribution in [0.4, 0.5) is 0 Å². The van der Waals surface area contributed by atoms with Gasteiger partial charge in [-0.3, -0.25) is 4.98 Å². The zero-order chi connectivity index (χ0) is 13.4. The summed E-state index contributed by atoms with van der Waals surface area (Å²) in [6.45, 7) is 3.84. The second-order valence-electron chi connectivity index (χ2n) is 4.85. The molecule has 1 aromatic rings. The summed E-state index contributed by atoms with van der Waals surface area (Å²) in [5.41, 5.74) is 0.874. The molecular weight excluding hydrogens is 224 g/mol. The van der Waals surface area contributed by atoms with Crippen LogP contribution in [0.2, 0.25) is 0 Å². The number of nitriles is 1. The first-order valence-corrected chi connectivity index (χ1v) is 6.27. The van der Waals surface area contributed by atoms with Crippen LogP contribution in [0.15, 0.2) is 24.5 Å². The van der Waals surface area contributed by atoms with E-state index >= 15 is 0 Å². The van der Waals surface area contributed by atoms with E-state index in [0.717, 1.165) is 25.9 Å². The maximum Gasteiger partial charge on any atom is 0.104 e. The van der Waals surface area contributed by atoms with Gasteiger partial charge in [0.05, 0.1) is 6.07 Å². The maximum atomic E-state index is 9.07. The van der Waals surface area contributed by atoms with Crippen LogP contribution < -0.4 is 5.32 Å². The normalized spacial score (nSPS) is 14.2. The van der Waals surface area contributed by atoms with Crippen LogP contribution in [-0.4, -0.2) is 42.6 Å². The molecule has 1 aromatic heterocycles. The molecule has 0 aromatic carbocycles. The molecule has 18 heavy (non-hydrogen) atoms. The molecule has 0 radical (unpaired) electrons. The molecule has 1 heterocycles. The maximum absolute atomic E-state index is 9.07. The number of nitrogens with zero attached hydrogens (tertiary/aromatic N) is 3. The molecule has 0 aliphatic heterocycles. The van der Waals surface area contributed by atoms with E-state index in [4.69, 9.17) is 5.26 Å². The summed E-state index contributed by atoms with van der Waals surface area (Å²) in [7, 11) is 3.93. The van der Waals surface area contributed by atoms with E-state index in [9.17, 15) is 0 Å². The van der Waals surface area contributed by atoms with Gasteiger partial charge in [-0.2, -0.15) is 5.26 Å². The van der Waals surface area contributed by atoms with Crippen LogP contribution in [0, 0.1) is 11.3 Å². The Hall–Kier alpha value is -1.44. The van der Waals surface area contributed by atoms with Gasteiger partial charge in [0.2, 0.25) is 0 Å². The highest BCUT2D eigenvalue weighted by Crippen LogP contribution is 2.08. The smallest absolute Gasteiger partial charge is 0.104 e. The summed E-state index contributed by atoms with van der Waals surface area (Å²) in [6.07, 6.45) is 5.49. The number of aromatic nitrogens is 1. The standard InChI is InChI=1S/C14H22N4/c1-14(12-15,16-2)7-11-18(3)10-6-13-4-8-17-9-5-13/h4-5,8-9,16H,6-7,10-11H2,1-3H3. The van der Waals surface area contributed by atoms with Crippen molar-refractivity contribution < 1.29 is 0 Å². The molecule has 0 saturated carbocycles. The lowest BCUT2D eigenvalue weighted by Gasteiger charge is -2.24. The lowest BCUT2D eigenvalue weighted by molar-refractivity contribution is 0.297. The van der Waals surface area contributed by atoms with Gasteiger partial charge in [-0.05, 0) is 51.6 Å². The van der Waals surface area contributed by atoms with E-state index in [2.05, 4.69) is 28.3 Å². The van der Waals surface area contributed by atoms with Crippen LogP contribution in [-0.2, 0) is 6.42 Å². The van der Waals surface area contributed by atoms with E-state index in [1.165, 1.54) is 5.56 Å². The lowest BCUT2D eigenvalue weighted by atomic mass is 10.00. The predicted octanol–water partition coefficient (Wildman–Crippen LogP) is 1.45. The van der Waals surface area contributed by atoms with Gasteiger partial charge in [0.1, 0.15) is 5.54 Å². The Bertz CT molecular complexity index is 385. The first kappa shape index (κ1) is 14.6. The Morgan fingerprint density at radius 1 is 1.39 bits per heavy atom. The third-order valence-electron chi connectivity index (χ3n) is 3.32. The number of hydrogen-bond donors (Lipinski definition) is 1. The Morgan fingerprint density at radius 2 is 2.06 bits per heavy atom.